The molecule has 0 bridgehead atoms. The summed E-state index contributed by atoms with van der Waals surface area (Å²) >= 11 is 0. The van der Waals surface area contributed by atoms with E-state index in [1.165, 1.54) is 161 Å². The highest BCUT2D eigenvalue weighted by molar-refractivity contribution is 5.85. The Morgan fingerprint density at radius 3 is 0.696 bits per heavy atom. The van der Waals surface area contributed by atoms with Gasteiger partial charge in [-0.3, -0.25) is 0 Å². The van der Waals surface area contributed by atoms with E-state index in [1.807, 2.05) is 24.3 Å². The summed E-state index contributed by atoms with van der Waals surface area (Å²) in [6.45, 7) is 14.9. The highest BCUT2D eigenvalue weighted by atomic mass is 14.1. The molecule has 0 fully saturated rings. The number of hydrogen-bond acceptors (Lipinski definition) is 0. The number of rotatable bonds is 11. The summed E-state index contributed by atoms with van der Waals surface area (Å²) < 4.78 is 0. The van der Waals surface area contributed by atoms with Gasteiger partial charge in [-0.25, -0.2) is 0 Å². The van der Waals surface area contributed by atoms with Crippen LogP contribution in [0.15, 0.2) is 479 Å². The first kappa shape index (κ1) is 80.5. The third-order valence-corrected chi connectivity index (χ3v) is 19.8. The van der Waals surface area contributed by atoms with E-state index < -0.39 is 0 Å². The summed E-state index contributed by atoms with van der Waals surface area (Å²) in [7, 11) is 0. The Morgan fingerprint density at radius 2 is 0.313 bits per heavy atom. The maximum absolute atomic E-state index is 2.26. The van der Waals surface area contributed by atoms with E-state index in [-0.39, 0.29) is 0 Å². The van der Waals surface area contributed by atoms with Crippen molar-refractivity contribution < 1.29 is 0 Å². The Morgan fingerprint density at radius 1 is 0.0957 bits per heavy atom. The maximum Gasteiger partial charge on any atom is -0.0103 e. The molecule has 0 aliphatic heterocycles. The van der Waals surface area contributed by atoms with Crippen LogP contribution in [0.2, 0.25) is 0 Å². The van der Waals surface area contributed by atoms with Crippen LogP contribution in [0.3, 0.4) is 0 Å². The van der Waals surface area contributed by atoms with Crippen molar-refractivity contribution in [1.82, 2.24) is 0 Å². The second-order valence-corrected chi connectivity index (χ2v) is 28.8. The zero-order chi connectivity index (χ0) is 79.6. The van der Waals surface area contributed by atoms with Gasteiger partial charge in [0.2, 0.25) is 0 Å². The topological polar surface area (TPSA) is 0 Å². The third-order valence-electron chi connectivity index (χ3n) is 19.8. The van der Waals surface area contributed by atoms with E-state index in [0.29, 0.717) is 0 Å². The second-order valence-electron chi connectivity index (χ2n) is 28.8. The lowest BCUT2D eigenvalue weighted by atomic mass is 9.93. The van der Waals surface area contributed by atoms with Crippen LogP contribution < -0.4 is 0 Å². The summed E-state index contributed by atoms with van der Waals surface area (Å²) in [5.74, 6) is 0. The fourth-order valence-corrected chi connectivity index (χ4v) is 13.8. The molecule has 0 heterocycles. The number of hydrogen-bond donors (Lipinski definition) is 0. The first-order valence-corrected chi connectivity index (χ1v) is 39.7. The molecule has 0 saturated heterocycles. The van der Waals surface area contributed by atoms with Gasteiger partial charge in [-0.2, -0.15) is 0 Å². The van der Waals surface area contributed by atoms with E-state index >= 15 is 0 Å². The van der Waals surface area contributed by atoms with Gasteiger partial charge >= 0.3 is 0 Å². The predicted octanol–water partition coefficient (Wildman–Crippen LogP) is 32.3. The van der Waals surface area contributed by atoms with Crippen molar-refractivity contribution in [1.29, 1.82) is 0 Å². The predicted molar refractivity (Wildman–Crippen MR) is 498 cm³/mol. The lowest BCUT2D eigenvalue weighted by molar-refractivity contribution is 1.46. The molecule has 0 N–H and O–H groups in total. The molecule has 0 unspecified atom stereocenters. The van der Waals surface area contributed by atoms with Crippen LogP contribution >= 0.6 is 0 Å². The molecular weight excluding hydrogens is 1380 g/mol. The van der Waals surface area contributed by atoms with Gasteiger partial charge < -0.3 is 0 Å². The molecule has 115 heavy (non-hydrogen) atoms. The van der Waals surface area contributed by atoms with Crippen molar-refractivity contribution in [3.05, 3.63) is 518 Å². The summed E-state index contributed by atoms with van der Waals surface area (Å²) in [4.78, 5) is 0. The van der Waals surface area contributed by atoms with E-state index in [4.69, 9.17) is 0 Å². The molecule has 0 spiro atoms. The number of benzene rings is 18. The second kappa shape index (κ2) is 42.4. The standard InChI is InChI=1S/4C19H16.3C13H12/c1-15-12-18(16-8-4-2-5-9-16)14-19(13-15)17-10-6-3-7-11-17;1-15-12-13-18(16-8-4-2-5-9-16)19(14-15)17-10-6-3-7-11-17;1-15-8-7-11-17(14-15)19-13-6-5-12-18(19)16-9-3-2-4-10-16;1-15-10-12-17(13-11-15)19-9-5-8-18(14-19)16-6-3-2-4-7-16;1-11-7-5-6-10-13(11)12-8-3-2-4-9-12;1-11-6-5-9-13(10-11)12-7-3-2-4-8-12;1-11-7-9-13(10-8-11)12-5-3-2-4-6-12/h4*2-14H,1H3;3*2-10H,1H3. The quantitative estimate of drug-likeness (QED) is 0.121. The average Bonchev–Trinajstić information content (AvgIpc) is 0.822. The molecule has 0 saturated carbocycles. The van der Waals surface area contributed by atoms with E-state index in [1.54, 1.807) is 0 Å². The summed E-state index contributed by atoms with van der Waals surface area (Å²) in [6.07, 6.45) is 0. The SMILES string of the molecule is Cc1cc(-c2ccccc2)cc(-c2ccccc2)c1.Cc1ccc(-c2cccc(-c3ccccc3)c2)cc1.Cc1ccc(-c2ccccc2)c(-c2ccccc2)c1.Cc1ccc(-c2ccccc2)cc1.Cc1cccc(-c2ccccc2)c1.Cc1cccc(-c2ccccc2-c2ccccc2)c1.Cc1ccccc1-c1ccccc1. The van der Waals surface area contributed by atoms with Crippen LogP contribution in [-0.2, 0) is 0 Å². The Hall–Kier alpha value is -14.0. The van der Waals surface area contributed by atoms with Crippen molar-refractivity contribution in [2.24, 2.45) is 0 Å². The average molecular weight is 1480 g/mol. The Balaban J connectivity index is 0.000000125. The normalized spacial score (nSPS) is 10.2. The minimum absolute atomic E-state index is 1.26. The van der Waals surface area contributed by atoms with Crippen LogP contribution in [0, 0.1) is 48.5 Å². The molecular formula is C115H100. The summed E-state index contributed by atoms with van der Waals surface area (Å²) in [5.41, 5.74) is 37.2. The van der Waals surface area contributed by atoms with Gasteiger partial charge in [0.25, 0.3) is 0 Å². The minimum atomic E-state index is 1.26. The van der Waals surface area contributed by atoms with Crippen molar-refractivity contribution in [2.45, 2.75) is 48.5 Å². The van der Waals surface area contributed by atoms with Crippen molar-refractivity contribution in [2.75, 3.05) is 0 Å². The fourth-order valence-electron chi connectivity index (χ4n) is 13.8. The van der Waals surface area contributed by atoms with Crippen LogP contribution in [0.4, 0.5) is 0 Å². The molecule has 0 aromatic heterocycles. The lowest BCUT2D eigenvalue weighted by Gasteiger charge is -2.11. The summed E-state index contributed by atoms with van der Waals surface area (Å²) in [5, 5.41) is 0. The largest absolute Gasteiger partial charge is 0.0622 e. The smallest absolute Gasteiger partial charge is 0.0103 e. The van der Waals surface area contributed by atoms with Gasteiger partial charge in [0.05, 0.1) is 0 Å². The Labute approximate surface area is 684 Å². The number of aryl methyl sites for hydroxylation is 7. The molecule has 0 radical (unpaired) electrons. The molecule has 0 aliphatic rings. The monoisotopic (exact) mass is 1480 g/mol. The van der Waals surface area contributed by atoms with Gasteiger partial charge in [0.15, 0.2) is 0 Å². The Kier molecular flexibility index (Phi) is 29.7. The van der Waals surface area contributed by atoms with Gasteiger partial charge in [0.1, 0.15) is 0 Å². The fraction of sp³-hybridized carbons (Fsp3) is 0.0609. The zero-order valence-electron chi connectivity index (χ0n) is 67.1. The Bertz CT molecular complexity index is 5820. The van der Waals surface area contributed by atoms with E-state index in [2.05, 4.69) is 503 Å². The van der Waals surface area contributed by atoms with Crippen LogP contribution in [0.5, 0.6) is 0 Å². The molecule has 0 atom stereocenters. The molecule has 0 nitrogen and oxygen atoms in total. The minimum Gasteiger partial charge on any atom is -0.0622 e. The molecule has 0 heteroatoms. The van der Waals surface area contributed by atoms with Crippen molar-refractivity contribution >= 4 is 0 Å². The van der Waals surface area contributed by atoms with Crippen molar-refractivity contribution in [3.63, 3.8) is 0 Å². The highest BCUT2D eigenvalue weighted by Gasteiger charge is 2.10. The van der Waals surface area contributed by atoms with E-state index in [0.717, 1.165) is 0 Å². The molecule has 560 valence electrons. The summed E-state index contributed by atoms with van der Waals surface area (Å²) in [6, 6.07) is 168. The molecule has 0 aliphatic carbocycles. The zero-order valence-corrected chi connectivity index (χ0v) is 67.1. The first-order valence-electron chi connectivity index (χ1n) is 39.7. The third kappa shape index (κ3) is 24.2. The van der Waals surface area contributed by atoms with E-state index in [9.17, 15) is 0 Å². The molecule has 0 amide bonds. The molecule has 18 rings (SSSR count). The first-order chi connectivity index (χ1) is 56.4. The molecule has 18 aromatic carbocycles. The van der Waals surface area contributed by atoms with Crippen LogP contribution in [0.1, 0.15) is 38.9 Å². The van der Waals surface area contributed by atoms with Gasteiger partial charge in [0, 0.05) is 0 Å². The molecule has 18 aromatic rings. The maximum atomic E-state index is 2.26. The lowest BCUT2D eigenvalue weighted by Crippen LogP contribution is -1.86. The van der Waals surface area contributed by atoms with Crippen molar-refractivity contribution in [3.8, 4) is 122 Å². The van der Waals surface area contributed by atoms with Gasteiger partial charge in [-0.05, 0) is 194 Å². The van der Waals surface area contributed by atoms with Gasteiger partial charge in [-0.15, -0.1) is 0 Å². The van der Waals surface area contributed by atoms with Crippen LogP contribution in [0.25, 0.3) is 122 Å². The van der Waals surface area contributed by atoms with Crippen LogP contribution in [-0.4, -0.2) is 0 Å². The van der Waals surface area contributed by atoms with Gasteiger partial charge in [-0.1, -0.05) is 495 Å². The highest BCUT2D eigenvalue weighted by Crippen LogP contribution is 2.36.